The minimum absolute atomic E-state index is 0.139. The quantitative estimate of drug-likeness (QED) is 0.661. The molecular formula is C25H32N2O3. The average Bonchev–Trinajstić information content (AvgIpc) is 3.53. The third-order valence-electron chi connectivity index (χ3n) is 5.39. The average molecular weight is 409 g/mol. The van der Waals surface area contributed by atoms with Crippen molar-refractivity contribution >= 4 is 11.8 Å². The van der Waals surface area contributed by atoms with E-state index in [1.165, 1.54) is 0 Å². The zero-order valence-corrected chi connectivity index (χ0v) is 18.3. The summed E-state index contributed by atoms with van der Waals surface area (Å²) in [5.74, 6) is 0.639. The van der Waals surface area contributed by atoms with Gasteiger partial charge in [0.2, 0.25) is 5.91 Å². The van der Waals surface area contributed by atoms with Gasteiger partial charge in [-0.3, -0.25) is 9.59 Å². The lowest BCUT2D eigenvalue weighted by Crippen LogP contribution is -2.51. The largest absolute Gasteiger partial charge is 0.481 e. The molecule has 2 unspecified atom stereocenters. The lowest BCUT2D eigenvalue weighted by molar-refractivity contribution is -0.132. The second-order valence-corrected chi connectivity index (χ2v) is 8.47. The number of rotatable bonds is 9. The fourth-order valence-corrected chi connectivity index (χ4v) is 3.22. The maximum Gasteiger partial charge on any atom is 0.261 e. The number of aryl methyl sites for hydroxylation is 1. The number of carbonyl (C=O) groups is 2. The maximum absolute atomic E-state index is 12.9. The van der Waals surface area contributed by atoms with Gasteiger partial charge in [0.1, 0.15) is 11.8 Å². The number of amides is 2. The first kappa shape index (κ1) is 21.9. The number of benzene rings is 2. The zero-order valence-electron chi connectivity index (χ0n) is 18.3. The standard InChI is InChI=1S/C25H32N2O3/c1-16(2)20-11-10-17(3)23(15-20)30-18(4)24(28)27-22(25(29)26-21-12-13-21)14-19-8-6-5-7-9-19/h5-11,15-16,18,21-22H,12-14H2,1-4H3,(H,26,29)(H,27,28). The van der Waals surface area contributed by atoms with Crippen molar-refractivity contribution in [3.05, 3.63) is 65.2 Å². The molecule has 1 fully saturated rings. The molecule has 3 rings (SSSR count). The zero-order chi connectivity index (χ0) is 21.7. The van der Waals surface area contributed by atoms with Crippen LogP contribution >= 0.6 is 0 Å². The van der Waals surface area contributed by atoms with Gasteiger partial charge in [0.15, 0.2) is 6.10 Å². The van der Waals surface area contributed by atoms with Gasteiger partial charge in [-0.1, -0.05) is 56.3 Å². The summed E-state index contributed by atoms with van der Waals surface area (Å²) in [4.78, 5) is 25.6. The molecule has 0 heterocycles. The Morgan fingerprint density at radius 3 is 2.37 bits per heavy atom. The van der Waals surface area contributed by atoms with Crippen LogP contribution in [0.1, 0.15) is 56.2 Å². The Morgan fingerprint density at radius 2 is 1.73 bits per heavy atom. The minimum atomic E-state index is -0.710. The molecule has 2 amide bonds. The Labute approximate surface area is 179 Å². The molecule has 0 saturated heterocycles. The van der Waals surface area contributed by atoms with Crippen molar-refractivity contribution in [2.45, 2.75) is 71.1 Å². The number of hydrogen-bond acceptors (Lipinski definition) is 3. The third-order valence-corrected chi connectivity index (χ3v) is 5.39. The highest BCUT2D eigenvalue weighted by Crippen LogP contribution is 2.25. The SMILES string of the molecule is Cc1ccc(C(C)C)cc1OC(C)C(=O)NC(Cc1ccccc1)C(=O)NC1CC1. The van der Waals surface area contributed by atoms with Crippen LogP contribution in [0.5, 0.6) is 5.75 Å². The lowest BCUT2D eigenvalue weighted by Gasteiger charge is -2.22. The molecule has 2 atom stereocenters. The van der Waals surface area contributed by atoms with Crippen LogP contribution in [0.2, 0.25) is 0 Å². The Balaban J connectivity index is 1.68. The highest BCUT2D eigenvalue weighted by molar-refractivity contribution is 5.89. The van der Waals surface area contributed by atoms with Crippen LogP contribution in [0.15, 0.2) is 48.5 Å². The van der Waals surface area contributed by atoms with Crippen molar-refractivity contribution in [1.82, 2.24) is 10.6 Å². The van der Waals surface area contributed by atoms with Crippen molar-refractivity contribution in [1.29, 1.82) is 0 Å². The Bertz CT molecular complexity index is 875. The van der Waals surface area contributed by atoms with E-state index in [1.807, 2.05) is 49.4 Å². The van der Waals surface area contributed by atoms with Crippen LogP contribution in [0.3, 0.4) is 0 Å². The van der Waals surface area contributed by atoms with Crippen molar-refractivity contribution < 1.29 is 14.3 Å². The fourth-order valence-electron chi connectivity index (χ4n) is 3.22. The molecule has 2 N–H and O–H groups in total. The van der Waals surface area contributed by atoms with Gasteiger partial charge >= 0.3 is 0 Å². The summed E-state index contributed by atoms with van der Waals surface area (Å²) in [6, 6.07) is 15.4. The van der Waals surface area contributed by atoms with E-state index in [-0.39, 0.29) is 17.9 Å². The van der Waals surface area contributed by atoms with Crippen LogP contribution < -0.4 is 15.4 Å². The molecule has 1 saturated carbocycles. The van der Waals surface area contributed by atoms with Gasteiger partial charge in [-0.15, -0.1) is 0 Å². The molecule has 0 spiro atoms. The van der Waals surface area contributed by atoms with Gasteiger partial charge in [-0.2, -0.15) is 0 Å². The number of hydrogen-bond donors (Lipinski definition) is 2. The monoisotopic (exact) mass is 408 g/mol. The molecule has 2 aromatic rings. The molecule has 1 aliphatic rings. The van der Waals surface area contributed by atoms with Gasteiger partial charge in [0.25, 0.3) is 5.91 Å². The molecule has 1 aliphatic carbocycles. The van der Waals surface area contributed by atoms with Crippen molar-refractivity contribution in [2.24, 2.45) is 0 Å². The Kier molecular flexibility index (Phi) is 7.14. The van der Waals surface area contributed by atoms with Gasteiger partial charge in [-0.25, -0.2) is 0 Å². The molecule has 5 heteroatoms. The normalized spacial score (nSPS) is 15.4. The summed E-state index contributed by atoms with van der Waals surface area (Å²) in [5, 5.41) is 5.90. The number of carbonyl (C=O) groups excluding carboxylic acids is 2. The van der Waals surface area contributed by atoms with E-state index in [4.69, 9.17) is 4.74 Å². The van der Waals surface area contributed by atoms with Crippen LogP contribution in [0, 0.1) is 6.92 Å². The number of nitrogens with one attached hydrogen (secondary N) is 2. The molecule has 0 aromatic heterocycles. The van der Waals surface area contributed by atoms with E-state index in [1.54, 1.807) is 6.92 Å². The maximum atomic E-state index is 12.9. The van der Waals surface area contributed by atoms with Crippen molar-refractivity contribution in [2.75, 3.05) is 0 Å². The first-order valence-electron chi connectivity index (χ1n) is 10.8. The molecule has 2 aromatic carbocycles. The molecule has 0 radical (unpaired) electrons. The second-order valence-electron chi connectivity index (χ2n) is 8.47. The highest BCUT2D eigenvalue weighted by atomic mass is 16.5. The first-order chi connectivity index (χ1) is 14.3. The van der Waals surface area contributed by atoms with Gasteiger partial charge < -0.3 is 15.4 Å². The lowest BCUT2D eigenvalue weighted by atomic mass is 10.0. The summed E-state index contributed by atoms with van der Waals surface area (Å²) in [5.41, 5.74) is 3.14. The van der Waals surface area contributed by atoms with E-state index < -0.39 is 12.1 Å². The van der Waals surface area contributed by atoms with Gasteiger partial charge in [0, 0.05) is 12.5 Å². The minimum Gasteiger partial charge on any atom is -0.481 e. The highest BCUT2D eigenvalue weighted by Gasteiger charge is 2.30. The molecule has 0 bridgehead atoms. The van der Waals surface area contributed by atoms with E-state index >= 15 is 0 Å². The topological polar surface area (TPSA) is 67.4 Å². The van der Waals surface area contributed by atoms with Crippen molar-refractivity contribution in [3.63, 3.8) is 0 Å². The predicted octanol–water partition coefficient (Wildman–Crippen LogP) is 3.89. The summed E-state index contributed by atoms with van der Waals surface area (Å²) in [7, 11) is 0. The first-order valence-corrected chi connectivity index (χ1v) is 10.8. The molecule has 5 nitrogen and oxygen atoms in total. The molecular weight excluding hydrogens is 376 g/mol. The second kappa shape index (κ2) is 9.79. The number of ether oxygens (including phenoxy) is 1. The van der Waals surface area contributed by atoms with Crippen LogP contribution in [0.4, 0.5) is 0 Å². The summed E-state index contributed by atoms with van der Waals surface area (Å²) < 4.78 is 5.98. The van der Waals surface area contributed by atoms with E-state index in [9.17, 15) is 9.59 Å². The van der Waals surface area contributed by atoms with Gasteiger partial charge in [0.05, 0.1) is 0 Å². The van der Waals surface area contributed by atoms with Crippen LogP contribution in [0.25, 0.3) is 0 Å². The Morgan fingerprint density at radius 1 is 1.03 bits per heavy atom. The molecule has 30 heavy (non-hydrogen) atoms. The third kappa shape index (κ3) is 6.09. The van der Waals surface area contributed by atoms with E-state index in [0.29, 0.717) is 18.1 Å². The fraction of sp³-hybridized carbons (Fsp3) is 0.440. The summed E-state index contributed by atoms with van der Waals surface area (Å²) >= 11 is 0. The van der Waals surface area contributed by atoms with Gasteiger partial charge in [-0.05, 0) is 55.4 Å². The summed E-state index contributed by atoms with van der Waals surface area (Å²) in [6.07, 6.45) is 1.74. The molecule has 160 valence electrons. The smallest absolute Gasteiger partial charge is 0.261 e. The van der Waals surface area contributed by atoms with Crippen molar-refractivity contribution in [3.8, 4) is 5.75 Å². The van der Waals surface area contributed by atoms with E-state index in [2.05, 4.69) is 30.5 Å². The molecule has 0 aliphatic heterocycles. The van der Waals surface area contributed by atoms with Crippen LogP contribution in [-0.2, 0) is 16.0 Å². The predicted molar refractivity (Wildman–Crippen MR) is 119 cm³/mol. The Hall–Kier alpha value is -2.82. The van der Waals surface area contributed by atoms with E-state index in [0.717, 1.165) is 29.5 Å². The van der Waals surface area contributed by atoms with Crippen LogP contribution in [-0.4, -0.2) is 30.0 Å². The summed E-state index contributed by atoms with van der Waals surface area (Å²) in [6.45, 7) is 7.93.